The summed E-state index contributed by atoms with van der Waals surface area (Å²) in [4.78, 5) is 31.7. The third-order valence-electron chi connectivity index (χ3n) is 7.72. The number of carbonyl (C=O) groups is 1. The number of aryl methyl sites for hydroxylation is 3. The molecule has 0 atom stereocenters. The lowest BCUT2D eigenvalue weighted by Gasteiger charge is -2.33. The average Bonchev–Trinajstić information content (AvgIpc) is 3.27. The minimum Gasteiger partial charge on any atom is -0.368 e. The summed E-state index contributed by atoms with van der Waals surface area (Å²) in [5, 5.41) is 9.02. The standard InChI is InChI=1S/C30H39N7O2/c1-18(2)36-16-20(4)28-24(30(39)37(31)17-25-19(3)12-21(5)34-29(25)38)13-23(14-26(28)36)22-6-7-27(33-15-22)35-10-8-32-9-11-35/h6-7,12-14,16,18,32-33H,8-11,15,17,31H2,1-5H3,(H,34,38). The van der Waals surface area contributed by atoms with Gasteiger partial charge in [0, 0.05) is 67.1 Å². The molecule has 1 fully saturated rings. The molecule has 3 aromatic rings. The van der Waals surface area contributed by atoms with Crippen LogP contribution < -0.4 is 22.0 Å². The van der Waals surface area contributed by atoms with Crippen LogP contribution in [-0.4, -0.2) is 58.1 Å². The van der Waals surface area contributed by atoms with Gasteiger partial charge in [-0.05, 0) is 81.2 Å². The number of nitrogens with one attached hydrogen (secondary N) is 3. The predicted octanol–water partition coefficient (Wildman–Crippen LogP) is 3.09. The van der Waals surface area contributed by atoms with Crippen molar-refractivity contribution in [2.24, 2.45) is 5.84 Å². The Balaban J connectivity index is 1.55. The largest absolute Gasteiger partial charge is 0.368 e. The number of nitrogens with two attached hydrogens (primary N) is 1. The SMILES string of the molecule is Cc1cc(C)c(CN(N)C(=O)c2cc(C3=CC=C(N4CCNCC4)NC3)cc3c2c(C)cn3C(C)C)c(=O)[nH]1. The summed E-state index contributed by atoms with van der Waals surface area (Å²) in [7, 11) is 0. The maximum atomic E-state index is 13.9. The maximum absolute atomic E-state index is 13.9. The van der Waals surface area contributed by atoms with Gasteiger partial charge in [-0.2, -0.15) is 0 Å². The molecule has 2 aliphatic rings. The summed E-state index contributed by atoms with van der Waals surface area (Å²) >= 11 is 0. The molecule has 9 heteroatoms. The minimum absolute atomic E-state index is 0.0248. The Morgan fingerprint density at radius 2 is 1.82 bits per heavy atom. The molecule has 4 heterocycles. The van der Waals surface area contributed by atoms with Crippen LogP contribution >= 0.6 is 0 Å². The van der Waals surface area contributed by atoms with Crippen LogP contribution in [0.25, 0.3) is 16.5 Å². The second kappa shape index (κ2) is 10.7. The number of pyridine rings is 1. The molecule has 9 nitrogen and oxygen atoms in total. The normalized spacial score (nSPS) is 15.8. The molecule has 5 N–H and O–H groups in total. The van der Waals surface area contributed by atoms with Gasteiger partial charge in [0.1, 0.15) is 5.82 Å². The van der Waals surface area contributed by atoms with Gasteiger partial charge in [0.05, 0.1) is 12.1 Å². The Labute approximate surface area is 229 Å². The van der Waals surface area contributed by atoms with E-state index in [2.05, 4.69) is 63.3 Å². The zero-order valence-corrected chi connectivity index (χ0v) is 23.5. The highest BCUT2D eigenvalue weighted by Crippen LogP contribution is 2.32. The molecule has 1 aromatic carbocycles. The van der Waals surface area contributed by atoms with Gasteiger partial charge in [0.15, 0.2) is 0 Å². The number of piperazine rings is 1. The number of allylic oxidation sites excluding steroid dienone is 2. The first-order valence-corrected chi connectivity index (χ1v) is 13.7. The van der Waals surface area contributed by atoms with Crippen molar-refractivity contribution in [2.75, 3.05) is 32.7 Å². The number of fused-ring (bicyclic) bond motifs is 1. The highest BCUT2D eigenvalue weighted by atomic mass is 16.2. The number of hydrogen-bond donors (Lipinski definition) is 4. The van der Waals surface area contributed by atoms with Gasteiger partial charge in [-0.25, -0.2) is 5.84 Å². The fourth-order valence-electron chi connectivity index (χ4n) is 5.65. The number of aromatic amines is 1. The molecule has 5 rings (SSSR count). The van der Waals surface area contributed by atoms with Crippen LogP contribution in [0.15, 0.2) is 47.2 Å². The van der Waals surface area contributed by atoms with Crippen molar-refractivity contribution in [2.45, 2.75) is 47.2 Å². The zero-order valence-electron chi connectivity index (χ0n) is 23.5. The summed E-state index contributed by atoms with van der Waals surface area (Å²) < 4.78 is 2.21. The topological polar surface area (TPSA) is 111 Å². The molecule has 0 saturated carbocycles. The number of amides is 1. The van der Waals surface area contributed by atoms with Crippen molar-refractivity contribution in [1.82, 2.24) is 30.1 Å². The zero-order chi connectivity index (χ0) is 27.8. The Bertz CT molecular complexity index is 1540. The summed E-state index contributed by atoms with van der Waals surface area (Å²) in [6, 6.07) is 6.24. The first-order valence-electron chi connectivity index (χ1n) is 13.7. The van der Waals surface area contributed by atoms with Crippen LogP contribution in [0.5, 0.6) is 0 Å². The first-order chi connectivity index (χ1) is 18.6. The average molecular weight is 530 g/mol. The third-order valence-corrected chi connectivity index (χ3v) is 7.72. The van der Waals surface area contributed by atoms with E-state index in [0.29, 0.717) is 17.7 Å². The van der Waals surface area contributed by atoms with E-state index >= 15 is 0 Å². The van der Waals surface area contributed by atoms with Gasteiger partial charge >= 0.3 is 0 Å². The van der Waals surface area contributed by atoms with E-state index in [0.717, 1.165) is 75.9 Å². The van der Waals surface area contributed by atoms with Gasteiger partial charge in [-0.3, -0.25) is 14.6 Å². The highest BCUT2D eigenvalue weighted by molar-refractivity contribution is 6.09. The Kier molecular flexibility index (Phi) is 7.38. The van der Waals surface area contributed by atoms with Crippen molar-refractivity contribution < 1.29 is 4.79 Å². The quantitative estimate of drug-likeness (QED) is 0.222. The van der Waals surface area contributed by atoms with Crippen molar-refractivity contribution in [3.63, 3.8) is 0 Å². The number of carbonyl (C=O) groups excluding carboxylic acids is 1. The van der Waals surface area contributed by atoms with Gasteiger partial charge in [0.25, 0.3) is 11.5 Å². The van der Waals surface area contributed by atoms with E-state index in [9.17, 15) is 9.59 Å². The number of H-pyrrole nitrogens is 1. The monoisotopic (exact) mass is 529 g/mol. The van der Waals surface area contributed by atoms with Crippen LogP contribution in [0.2, 0.25) is 0 Å². The third kappa shape index (κ3) is 5.24. The second-order valence-electron chi connectivity index (χ2n) is 10.9. The smallest absolute Gasteiger partial charge is 0.268 e. The van der Waals surface area contributed by atoms with E-state index in [-0.39, 0.29) is 24.1 Å². The van der Waals surface area contributed by atoms with Crippen molar-refractivity contribution in [1.29, 1.82) is 0 Å². The fourth-order valence-corrected chi connectivity index (χ4v) is 5.65. The second-order valence-corrected chi connectivity index (χ2v) is 10.9. The van der Waals surface area contributed by atoms with E-state index in [4.69, 9.17) is 5.84 Å². The number of rotatable bonds is 6. The van der Waals surface area contributed by atoms with E-state index in [1.807, 2.05) is 32.9 Å². The molecule has 2 aromatic heterocycles. The molecule has 0 aliphatic carbocycles. The molecule has 39 heavy (non-hydrogen) atoms. The van der Waals surface area contributed by atoms with Crippen molar-refractivity contribution in [3.05, 3.63) is 86.2 Å². The Morgan fingerprint density at radius 3 is 2.46 bits per heavy atom. The summed E-state index contributed by atoms with van der Waals surface area (Å²) in [6.45, 7) is 14.6. The fraction of sp³-hybridized carbons (Fsp3) is 0.400. The Morgan fingerprint density at radius 1 is 1.08 bits per heavy atom. The maximum Gasteiger partial charge on any atom is 0.268 e. The summed E-state index contributed by atoms with van der Waals surface area (Å²) in [5.74, 6) is 7.19. The van der Waals surface area contributed by atoms with Gasteiger partial charge in [-0.1, -0.05) is 6.08 Å². The molecule has 0 spiro atoms. The Hall–Kier alpha value is -3.82. The minimum atomic E-state index is -0.313. The van der Waals surface area contributed by atoms with Gasteiger partial charge in [0.2, 0.25) is 0 Å². The molecular formula is C30H39N7O2. The van der Waals surface area contributed by atoms with E-state index in [1.54, 1.807) is 0 Å². The lowest BCUT2D eigenvalue weighted by atomic mass is 9.96. The number of aromatic nitrogens is 2. The number of benzene rings is 1. The molecule has 0 bridgehead atoms. The molecule has 206 valence electrons. The van der Waals surface area contributed by atoms with E-state index < -0.39 is 0 Å². The molecule has 0 radical (unpaired) electrons. The van der Waals surface area contributed by atoms with Gasteiger partial charge in [-0.15, -0.1) is 0 Å². The number of hydrogen-bond acceptors (Lipinski definition) is 6. The van der Waals surface area contributed by atoms with Crippen molar-refractivity contribution >= 4 is 22.4 Å². The van der Waals surface area contributed by atoms with Crippen LogP contribution in [-0.2, 0) is 6.54 Å². The number of hydrazine groups is 1. The molecule has 2 aliphatic heterocycles. The summed E-state index contributed by atoms with van der Waals surface area (Å²) in [5.41, 5.74) is 6.50. The lowest BCUT2D eigenvalue weighted by Crippen LogP contribution is -2.46. The first kappa shape index (κ1) is 26.8. The predicted molar refractivity (Wildman–Crippen MR) is 156 cm³/mol. The summed E-state index contributed by atoms with van der Waals surface area (Å²) in [6.07, 6.45) is 6.37. The van der Waals surface area contributed by atoms with Crippen LogP contribution in [0.4, 0.5) is 0 Å². The molecule has 1 saturated heterocycles. The van der Waals surface area contributed by atoms with Crippen LogP contribution in [0, 0.1) is 20.8 Å². The van der Waals surface area contributed by atoms with E-state index in [1.165, 1.54) is 0 Å². The van der Waals surface area contributed by atoms with Crippen LogP contribution in [0.1, 0.15) is 58.2 Å². The molecule has 1 amide bonds. The molecule has 0 unspecified atom stereocenters. The van der Waals surface area contributed by atoms with Crippen LogP contribution in [0.3, 0.4) is 0 Å². The lowest BCUT2D eigenvalue weighted by molar-refractivity contribution is 0.0744. The number of nitrogens with zero attached hydrogens (tertiary/aromatic N) is 3. The highest BCUT2D eigenvalue weighted by Gasteiger charge is 2.24. The number of dihydropyridines is 1. The van der Waals surface area contributed by atoms with Crippen molar-refractivity contribution in [3.8, 4) is 0 Å². The molecular weight excluding hydrogens is 490 g/mol. The van der Waals surface area contributed by atoms with Gasteiger partial charge < -0.3 is 25.1 Å².